The number of morpholine rings is 1. The second-order valence-corrected chi connectivity index (χ2v) is 8.83. The molecule has 0 aliphatic carbocycles. The number of fused-ring (bicyclic) bond motifs is 1. The van der Waals surface area contributed by atoms with E-state index in [-0.39, 0.29) is 17.9 Å². The molecule has 1 atom stereocenters. The van der Waals surface area contributed by atoms with Crippen molar-refractivity contribution in [1.82, 2.24) is 20.3 Å². The van der Waals surface area contributed by atoms with E-state index in [4.69, 9.17) is 9.72 Å². The standard InChI is InChI=1S/C24H29N7O3/c1-15-13-25-20-4-3-17(11-19(15)20)27-23(33)21-12-22(31-6-5-18(14-31)26-16(2)32)29-24(28-21)30-7-9-34-10-8-30/h3-4,11-13,18,25H,5-10,14H2,1-2H3,(H,26,32)(H,27,33)/t18-/m0/s1. The quantitative estimate of drug-likeness (QED) is 0.531. The van der Waals surface area contributed by atoms with E-state index in [9.17, 15) is 9.59 Å². The molecule has 2 fully saturated rings. The second kappa shape index (κ2) is 9.30. The first-order valence-corrected chi connectivity index (χ1v) is 11.6. The maximum Gasteiger partial charge on any atom is 0.274 e. The normalized spacial score (nSPS) is 18.4. The first kappa shape index (κ1) is 22.1. The zero-order valence-electron chi connectivity index (χ0n) is 19.4. The summed E-state index contributed by atoms with van der Waals surface area (Å²) in [6, 6.07) is 7.58. The van der Waals surface area contributed by atoms with Gasteiger partial charge in [-0.15, -0.1) is 0 Å². The second-order valence-electron chi connectivity index (χ2n) is 8.83. The van der Waals surface area contributed by atoms with Crippen LogP contribution in [0.4, 0.5) is 17.5 Å². The number of aryl methyl sites for hydroxylation is 1. The molecule has 4 heterocycles. The molecule has 2 saturated heterocycles. The summed E-state index contributed by atoms with van der Waals surface area (Å²) >= 11 is 0. The average molecular weight is 464 g/mol. The smallest absolute Gasteiger partial charge is 0.274 e. The van der Waals surface area contributed by atoms with E-state index in [1.54, 1.807) is 6.07 Å². The molecule has 2 aliphatic rings. The average Bonchev–Trinajstić information content (AvgIpc) is 3.45. The maximum absolute atomic E-state index is 13.3. The fraction of sp³-hybridized carbons (Fsp3) is 0.417. The van der Waals surface area contributed by atoms with E-state index in [2.05, 4.69) is 25.5 Å². The Balaban J connectivity index is 1.42. The van der Waals surface area contributed by atoms with Gasteiger partial charge in [-0.25, -0.2) is 4.98 Å². The van der Waals surface area contributed by atoms with Gasteiger partial charge < -0.3 is 30.2 Å². The molecule has 0 unspecified atom stereocenters. The molecule has 2 amide bonds. The summed E-state index contributed by atoms with van der Waals surface area (Å²) in [5, 5.41) is 7.03. The Morgan fingerprint density at radius 3 is 2.74 bits per heavy atom. The molecule has 5 rings (SSSR count). The fourth-order valence-electron chi connectivity index (χ4n) is 4.51. The van der Waals surface area contributed by atoms with Gasteiger partial charge in [0.05, 0.1) is 13.2 Å². The van der Waals surface area contributed by atoms with E-state index in [1.165, 1.54) is 6.92 Å². The van der Waals surface area contributed by atoms with Crippen LogP contribution >= 0.6 is 0 Å². The lowest BCUT2D eigenvalue weighted by Crippen LogP contribution is -2.38. The number of amides is 2. The monoisotopic (exact) mass is 463 g/mol. The molecule has 3 N–H and O–H groups in total. The van der Waals surface area contributed by atoms with Gasteiger partial charge in [-0.05, 0) is 37.1 Å². The lowest BCUT2D eigenvalue weighted by Gasteiger charge is -2.28. The molecule has 10 nitrogen and oxygen atoms in total. The van der Waals surface area contributed by atoms with Crippen molar-refractivity contribution >= 4 is 40.2 Å². The van der Waals surface area contributed by atoms with E-state index < -0.39 is 0 Å². The lowest BCUT2D eigenvalue weighted by atomic mass is 10.1. The van der Waals surface area contributed by atoms with Gasteiger partial charge in [-0.1, -0.05) is 0 Å². The van der Waals surface area contributed by atoms with E-state index in [0.717, 1.165) is 29.4 Å². The van der Waals surface area contributed by atoms with Gasteiger partial charge in [0.25, 0.3) is 5.91 Å². The Labute approximate surface area is 197 Å². The van der Waals surface area contributed by atoms with Gasteiger partial charge in [0.15, 0.2) is 0 Å². The molecule has 2 aromatic heterocycles. The predicted octanol–water partition coefficient (Wildman–Crippen LogP) is 2.07. The van der Waals surface area contributed by atoms with Crippen molar-refractivity contribution in [2.24, 2.45) is 0 Å². The first-order valence-electron chi connectivity index (χ1n) is 11.6. The Morgan fingerprint density at radius 1 is 1.12 bits per heavy atom. The molecule has 0 bridgehead atoms. The number of H-pyrrole nitrogens is 1. The number of aromatic nitrogens is 3. The highest BCUT2D eigenvalue weighted by molar-refractivity contribution is 6.04. The molecule has 2 aliphatic heterocycles. The third-order valence-electron chi connectivity index (χ3n) is 6.29. The lowest BCUT2D eigenvalue weighted by molar-refractivity contribution is -0.119. The van der Waals surface area contributed by atoms with Gasteiger partial charge in [0.1, 0.15) is 11.5 Å². The Kier molecular flexibility index (Phi) is 6.06. The summed E-state index contributed by atoms with van der Waals surface area (Å²) in [6.45, 7) is 7.47. The van der Waals surface area contributed by atoms with Crippen molar-refractivity contribution < 1.29 is 14.3 Å². The summed E-state index contributed by atoms with van der Waals surface area (Å²) in [4.78, 5) is 41.5. The first-order chi connectivity index (χ1) is 16.5. The van der Waals surface area contributed by atoms with Gasteiger partial charge in [-0.2, -0.15) is 4.98 Å². The number of carbonyl (C=O) groups is 2. The molecular weight excluding hydrogens is 434 g/mol. The van der Waals surface area contributed by atoms with Crippen molar-refractivity contribution in [3.05, 3.63) is 41.7 Å². The number of rotatable bonds is 5. The number of benzene rings is 1. The van der Waals surface area contributed by atoms with Crippen molar-refractivity contribution in [3.8, 4) is 0 Å². The number of carbonyl (C=O) groups excluding carboxylic acids is 2. The summed E-state index contributed by atoms with van der Waals surface area (Å²) < 4.78 is 5.47. The minimum absolute atomic E-state index is 0.0433. The minimum Gasteiger partial charge on any atom is -0.378 e. The van der Waals surface area contributed by atoms with Gasteiger partial charge in [-0.3, -0.25) is 9.59 Å². The van der Waals surface area contributed by atoms with Crippen LogP contribution in [0.1, 0.15) is 29.4 Å². The number of hydrogen-bond acceptors (Lipinski definition) is 7. The van der Waals surface area contributed by atoms with Crippen molar-refractivity contribution in [1.29, 1.82) is 0 Å². The molecule has 178 valence electrons. The van der Waals surface area contributed by atoms with Crippen LogP contribution in [0.15, 0.2) is 30.5 Å². The van der Waals surface area contributed by atoms with Crippen LogP contribution in [-0.2, 0) is 9.53 Å². The van der Waals surface area contributed by atoms with Crippen LogP contribution in [-0.4, -0.2) is 72.2 Å². The minimum atomic E-state index is -0.289. The number of nitrogens with one attached hydrogen (secondary N) is 3. The number of ether oxygens (including phenoxy) is 1. The van der Waals surface area contributed by atoms with Crippen molar-refractivity contribution in [2.45, 2.75) is 26.3 Å². The number of aromatic amines is 1. The highest BCUT2D eigenvalue weighted by Gasteiger charge is 2.27. The van der Waals surface area contributed by atoms with Crippen LogP contribution in [0.2, 0.25) is 0 Å². The summed E-state index contributed by atoms with van der Waals surface area (Å²) in [7, 11) is 0. The summed E-state index contributed by atoms with van der Waals surface area (Å²) in [5.41, 5.74) is 3.16. The SMILES string of the molecule is CC(=O)N[C@H]1CCN(c2cc(C(=O)Nc3ccc4[nH]cc(C)c4c3)nc(N3CCOCC3)n2)C1. The zero-order chi connectivity index (χ0) is 23.7. The molecule has 34 heavy (non-hydrogen) atoms. The van der Waals surface area contributed by atoms with Crippen LogP contribution < -0.4 is 20.4 Å². The predicted molar refractivity (Wildman–Crippen MR) is 130 cm³/mol. The van der Waals surface area contributed by atoms with Crippen LogP contribution in [0.3, 0.4) is 0 Å². The van der Waals surface area contributed by atoms with Crippen LogP contribution in [0.25, 0.3) is 10.9 Å². The van der Waals surface area contributed by atoms with Gasteiger partial charge in [0.2, 0.25) is 11.9 Å². The highest BCUT2D eigenvalue weighted by atomic mass is 16.5. The Hall–Kier alpha value is -3.66. The topological polar surface area (TPSA) is 115 Å². The molecule has 10 heteroatoms. The zero-order valence-corrected chi connectivity index (χ0v) is 19.4. The molecule has 0 spiro atoms. The van der Waals surface area contributed by atoms with Crippen molar-refractivity contribution in [2.75, 3.05) is 54.5 Å². The molecule has 3 aromatic rings. The molecule has 0 saturated carbocycles. The maximum atomic E-state index is 13.3. The highest BCUT2D eigenvalue weighted by Crippen LogP contribution is 2.25. The third kappa shape index (κ3) is 4.67. The van der Waals surface area contributed by atoms with Gasteiger partial charge in [0, 0.05) is 68.0 Å². The van der Waals surface area contributed by atoms with Gasteiger partial charge >= 0.3 is 0 Å². The molecule has 1 aromatic carbocycles. The van der Waals surface area contributed by atoms with Crippen LogP contribution in [0.5, 0.6) is 0 Å². The van der Waals surface area contributed by atoms with E-state index in [0.29, 0.717) is 56.0 Å². The summed E-state index contributed by atoms with van der Waals surface area (Å²) in [6.07, 6.45) is 2.78. The third-order valence-corrected chi connectivity index (χ3v) is 6.29. The van der Waals surface area contributed by atoms with E-state index in [1.807, 2.05) is 36.2 Å². The number of anilines is 3. The van der Waals surface area contributed by atoms with Crippen molar-refractivity contribution in [3.63, 3.8) is 0 Å². The Bertz CT molecular complexity index is 1220. The van der Waals surface area contributed by atoms with E-state index >= 15 is 0 Å². The Morgan fingerprint density at radius 2 is 1.94 bits per heavy atom. The fourth-order valence-corrected chi connectivity index (χ4v) is 4.51. The summed E-state index contributed by atoms with van der Waals surface area (Å²) in [5.74, 6) is 0.874. The number of hydrogen-bond donors (Lipinski definition) is 3. The number of nitrogens with zero attached hydrogens (tertiary/aromatic N) is 4. The van der Waals surface area contributed by atoms with Crippen LogP contribution in [0, 0.1) is 6.92 Å². The molecular formula is C24H29N7O3. The molecule has 0 radical (unpaired) electrons. The largest absolute Gasteiger partial charge is 0.378 e.